The molecule has 1 atom stereocenters. The molecule has 3 aromatic carbocycles. The highest BCUT2D eigenvalue weighted by atomic mass is 16.5. The van der Waals surface area contributed by atoms with Gasteiger partial charge in [-0.3, -0.25) is 14.4 Å². The Labute approximate surface area is 272 Å². The second-order valence-electron chi connectivity index (χ2n) is 12.0. The van der Waals surface area contributed by atoms with Crippen molar-refractivity contribution in [3.05, 3.63) is 106 Å². The van der Waals surface area contributed by atoms with Crippen molar-refractivity contribution in [2.24, 2.45) is 0 Å². The van der Waals surface area contributed by atoms with E-state index in [1.165, 1.54) is 24.6 Å². The number of piperazine rings is 1. The van der Waals surface area contributed by atoms with Crippen molar-refractivity contribution in [2.45, 2.75) is 38.2 Å². The SMILES string of the molecule is O=C(c1ccc(OC2C#CCCCCC2)cc1)N1CCN(C(=O)c2ccccc2-c2c3ccc(=O)cc-3oc3cc(O)ccc23)CC1. The molecule has 3 aromatic rings. The topological polar surface area (TPSA) is 100 Å². The first kappa shape index (κ1) is 30.1. The highest BCUT2D eigenvalue weighted by Gasteiger charge is 2.28. The van der Waals surface area contributed by atoms with Crippen LogP contribution in [0, 0.1) is 11.8 Å². The molecular formula is C39H34N2O6. The van der Waals surface area contributed by atoms with Gasteiger partial charge in [0.2, 0.25) is 0 Å². The molecule has 8 nitrogen and oxygen atoms in total. The third-order valence-electron chi connectivity index (χ3n) is 8.87. The number of amides is 2. The summed E-state index contributed by atoms with van der Waals surface area (Å²) in [5.41, 5.74) is 3.41. The van der Waals surface area contributed by atoms with Gasteiger partial charge in [0, 0.05) is 72.4 Å². The summed E-state index contributed by atoms with van der Waals surface area (Å²) in [5.74, 6) is 7.28. The normalized spacial score (nSPS) is 16.6. The van der Waals surface area contributed by atoms with Gasteiger partial charge in [0.15, 0.2) is 11.5 Å². The molecule has 2 heterocycles. The van der Waals surface area contributed by atoms with Crippen molar-refractivity contribution in [3.8, 4) is 45.8 Å². The Balaban J connectivity index is 1.08. The van der Waals surface area contributed by atoms with Crippen LogP contribution in [-0.2, 0) is 0 Å². The highest BCUT2D eigenvalue weighted by molar-refractivity contribution is 6.09. The number of phenolic OH excluding ortho intramolecular Hbond substituents is 1. The maximum Gasteiger partial charge on any atom is 0.254 e. The number of fused-ring (bicyclic) bond motifs is 2. The molecule has 1 N–H and O–H groups in total. The molecule has 0 spiro atoms. The predicted molar refractivity (Wildman–Crippen MR) is 180 cm³/mol. The van der Waals surface area contributed by atoms with Crippen LogP contribution >= 0.6 is 0 Å². The molecule has 0 bridgehead atoms. The summed E-state index contributed by atoms with van der Waals surface area (Å²) in [6.07, 6.45) is 5.10. The minimum absolute atomic E-state index is 0.0332. The molecule has 0 saturated carbocycles. The first-order valence-electron chi connectivity index (χ1n) is 16.1. The van der Waals surface area contributed by atoms with Gasteiger partial charge in [-0.1, -0.05) is 36.5 Å². The van der Waals surface area contributed by atoms with Crippen LogP contribution in [0.2, 0.25) is 0 Å². The van der Waals surface area contributed by atoms with Crippen molar-refractivity contribution in [2.75, 3.05) is 26.2 Å². The molecule has 7 rings (SSSR count). The van der Waals surface area contributed by atoms with Crippen molar-refractivity contribution in [1.29, 1.82) is 0 Å². The molecule has 236 valence electrons. The van der Waals surface area contributed by atoms with Crippen LogP contribution in [0.5, 0.6) is 11.5 Å². The number of benzene rings is 4. The molecule has 4 aliphatic rings. The Bertz CT molecular complexity index is 2050. The second kappa shape index (κ2) is 13.1. The second-order valence-corrected chi connectivity index (χ2v) is 12.0. The lowest BCUT2D eigenvalue weighted by atomic mass is 9.90. The van der Waals surface area contributed by atoms with E-state index >= 15 is 0 Å². The molecule has 0 aromatic heterocycles. The quantitative estimate of drug-likeness (QED) is 0.175. The number of nitrogens with zero attached hydrogens (tertiary/aromatic N) is 2. The maximum absolute atomic E-state index is 14.0. The van der Waals surface area contributed by atoms with Crippen LogP contribution < -0.4 is 10.2 Å². The van der Waals surface area contributed by atoms with E-state index in [-0.39, 0.29) is 29.1 Å². The smallest absolute Gasteiger partial charge is 0.254 e. The molecule has 2 aliphatic carbocycles. The third kappa shape index (κ3) is 6.30. The van der Waals surface area contributed by atoms with E-state index in [0.29, 0.717) is 70.9 Å². The van der Waals surface area contributed by atoms with Crippen LogP contribution in [0.25, 0.3) is 33.4 Å². The third-order valence-corrected chi connectivity index (χ3v) is 8.87. The maximum atomic E-state index is 14.0. The Morgan fingerprint density at radius 3 is 2.38 bits per heavy atom. The van der Waals surface area contributed by atoms with E-state index in [1.54, 1.807) is 46.2 Å². The van der Waals surface area contributed by atoms with E-state index in [0.717, 1.165) is 31.2 Å². The van der Waals surface area contributed by atoms with Crippen molar-refractivity contribution in [3.63, 3.8) is 0 Å². The molecule has 1 fully saturated rings. The number of ether oxygens (including phenoxy) is 1. The van der Waals surface area contributed by atoms with E-state index < -0.39 is 0 Å². The summed E-state index contributed by atoms with van der Waals surface area (Å²) >= 11 is 0. The average molecular weight is 627 g/mol. The van der Waals surface area contributed by atoms with Gasteiger partial charge in [-0.15, -0.1) is 0 Å². The van der Waals surface area contributed by atoms with Crippen LogP contribution in [0.3, 0.4) is 0 Å². The number of carbonyl (C=O) groups excluding carboxylic acids is 2. The van der Waals surface area contributed by atoms with E-state index in [4.69, 9.17) is 9.15 Å². The van der Waals surface area contributed by atoms with E-state index in [1.807, 2.05) is 30.3 Å². The average Bonchev–Trinajstić information content (AvgIpc) is 3.08. The molecule has 1 unspecified atom stereocenters. The van der Waals surface area contributed by atoms with Crippen LogP contribution in [0.15, 0.2) is 94.1 Å². The Hall–Kier alpha value is -5.55. The summed E-state index contributed by atoms with van der Waals surface area (Å²) in [7, 11) is 0. The minimum atomic E-state index is -0.201. The van der Waals surface area contributed by atoms with Gasteiger partial charge in [0.1, 0.15) is 22.8 Å². The first-order chi connectivity index (χ1) is 22.9. The van der Waals surface area contributed by atoms with Crippen molar-refractivity contribution >= 4 is 22.8 Å². The number of hydrogen-bond acceptors (Lipinski definition) is 6. The first-order valence-corrected chi connectivity index (χ1v) is 16.1. The lowest BCUT2D eigenvalue weighted by Crippen LogP contribution is -2.50. The fourth-order valence-corrected chi connectivity index (χ4v) is 6.41. The molecule has 47 heavy (non-hydrogen) atoms. The van der Waals surface area contributed by atoms with Gasteiger partial charge in [-0.2, -0.15) is 0 Å². The zero-order valence-electron chi connectivity index (χ0n) is 25.9. The standard InChI is InChI=1S/C39H34N2O6/c42-27-14-18-33-35(24-27)47-36-25-28(43)15-19-34(36)37(33)31-10-6-7-11-32(31)39(45)41-22-20-40(21-23-41)38(44)26-12-16-30(17-13-26)46-29-8-4-2-1-3-5-9-29/h6-7,10-19,24-25,29,42H,1-4,8,20-23H2. The van der Waals surface area contributed by atoms with Crippen molar-refractivity contribution < 1.29 is 23.8 Å². The summed E-state index contributed by atoms with van der Waals surface area (Å²) in [6.45, 7) is 1.59. The van der Waals surface area contributed by atoms with Gasteiger partial charge in [0.05, 0.1) is 0 Å². The molecule has 2 amide bonds. The molecule has 0 radical (unpaired) electrons. The van der Waals surface area contributed by atoms with Crippen LogP contribution in [0.4, 0.5) is 0 Å². The number of aromatic hydroxyl groups is 1. The summed E-state index contributed by atoms with van der Waals surface area (Å²) in [6, 6.07) is 24.0. The monoisotopic (exact) mass is 626 g/mol. The highest BCUT2D eigenvalue weighted by Crippen LogP contribution is 2.42. The van der Waals surface area contributed by atoms with Crippen LogP contribution in [0.1, 0.15) is 52.8 Å². The predicted octanol–water partition coefficient (Wildman–Crippen LogP) is 6.58. The number of phenols is 1. The van der Waals surface area contributed by atoms with Gasteiger partial charge in [0.25, 0.3) is 11.8 Å². The lowest BCUT2D eigenvalue weighted by molar-refractivity contribution is 0.0536. The van der Waals surface area contributed by atoms with Gasteiger partial charge in [-0.25, -0.2) is 0 Å². The summed E-state index contributed by atoms with van der Waals surface area (Å²) in [4.78, 5) is 43.2. The Morgan fingerprint density at radius 1 is 0.809 bits per heavy atom. The Morgan fingerprint density at radius 2 is 1.57 bits per heavy atom. The molecule has 1 saturated heterocycles. The molecule has 2 aliphatic heterocycles. The number of hydrogen-bond donors (Lipinski definition) is 1. The fourth-order valence-electron chi connectivity index (χ4n) is 6.41. The van der Waals surface area contributed by atoms with E-state index in [2.05, 4.69) is 11.8 Å². The zero-order chi connectivity index (χ0) is 32.3. The van der Waals surface area contributed by atoms with Gasteiger partial charge < -0.3 is 24.1 Å². The fraction of sp³-hybridized carbons (Fsp3) is 0.256. The van der Waals surface area contributed by atoms with Gasteiger partial charge >= 0.3 is 0 Å². The summed E-state index contributed by atoms with van der Waals surface area (Å²) in [5, 5.41) is 10.8. The van der Waals surface area contributed by atoms with Crippen molar-refractivity contribution in [1.82, 2.24) is 9.80 Å². The lowest BCUT2D eigenvalue weighted by Gasteiger charge is -2.35. The zero-order valence-corrected chi connectivity index (χ0v) is 25.9. The molecule has 8 heteroatoms. The van der Waals surface area contributed by atoms with E-state index in [9.17, 15) is 19.5 Å². The number of rotatable bonds is 5. The minimum Gasteiger partial charge on any atom is -0.508 e. The Kier molecular flexibility index (Phi) is 8.36. The number of carbonyl (C=O) groups is 2. The van der Waals surface area contributed by atoms with Crippen LogP contribution in [-0.4, -0.2) is 59.0 Å². The molecular weight excluding hydrogens is 592 g/mol. The van der Waals surface area contributed by atoms with Gasteiger partial charge in [-0.05, 0) is 79.4 Å². The largest absolute Gasteiger partial charge is 0.508 e. The summed E-state index contributed by atoms with van der Waals surface area (Å²) < 4.78 is 12.1.